The maximum absolute atomic E-state index is 13.5. The van der Waals surface area contributed by atoms with Gasteiger partial charge in [0.15, 0.2) is 0 Å². The third-order valence-corrected chi connectivity index (χ3v) is 7.63. The maximum atomic E-state index is 13.5. The van der Waals surface area contributed by atoms with Crippen LogP contribution in [0.4, 0.5) is 15.8 Å². The monoisotopic (exact) mass is 485 g/mol. The zero-order valence-corrected chi connectivity index (χ0v) is 19.2. The van der Waals surface area contributed by atoms with Crippen LogP contribution in [-0.4, -0.2) is 32.4 Å². The van der Waals surface area contributed by atoms with Gasteiger partial charge in [-0.3, -0.25) is 14.1 Å². The molecule has 1 amide bonds. The van der Waals surface area contributed by atoms with E-state index >= 15 is 0 Å². The predicted molar refractivity (Wildman–Crippen MR) is 127 cm³/mol. The minimum Gasteiger partial charge on any atom is -0.307 e. The molecule has 9 heteroatoms. The molecule has 0 unspecified atom stereocenters. The number of aryl methyl sites for hydroxylation is 1. The fraction of sp³-hybridized carbons (Fsp3) is 0.167. The van der Waals surface area contributed by atoms with Gasteiger partial charge in [-0.05, 0) is 67.4 Å². The molecular formula is C24H21ClFN3O3S. The predicted octanol–water partition coefficient (Wildman–Crippen LogP) is 4.85. The zero-order chi connectivity index (χ0) is 23.6. The lowest BCUT2D eigenvalue weighted by Gasteiger charge is -2.29. The Balaban J connectivity index is 1.74. The average molecular weight is 486 g/mol. The summed E-state index contributed by atoms with van der Waals surface area (Å²) in [5.74, 6) is -0.828. The van der Waals surface area contributed by atoms with E-state index in [0.29, 0.717) is 12.2 Å². The van der Waals surface area contributed by atoms with E-state index in [1.54, 1.807) is 17.2 Å². The van der Waals surface area contributed by atoms with Crippen molar-refractivity contribution in [2.45, 2.75) is 17.7 Å². The van der Waals surface area contributed by atoms with Crippen molar-refractivity contribution in [1.29, 1.82) is 0 Å². The topological polar surface area (TPSA) is 70.6 Å². The summed E-state index contributed by atoms with van der Waals surface area (Å²) in [6.07, 6.45) is 4.63. The fourth-order valence-corrected chi connectivity index (χ4v) is 5.72. The quantitative estimate of drug-likeness (QED) is 0.468. The number of hydrogen-bond acceptors (Lipinski definition) is 4. The third-order valence-electron chi connectivity index (χ3n) is 5.35. The molecule has 3 aromatic rings. The number of carbonyl (C=O) groups excluding carboxylic acids is 1. The first-order valence-corrected chi connectivity index (χ1v) is 12.1. The SMILES string of the molecule is C=CCN(c1ccc(F)cc1)S(=O)(=O)c1cc(C(=O)N2CCCc3ncccc32)ccc1Cl. The molecule has 0 spiro atoms. The van der Waals surface area contributed by atoms with Crippen LogP contribution in [0.5, 0.6) is 0 Å². The molecule has 0 fully saturated rings. The highest BCUT2D eigenvalue weighted by molar-refractivity contribution is 7.93. The molecule has 33 heavy (non-hydrogen) atoms. The average Bonchev–Trinajstić information content (AvgIpc) is 2.82. The molecule has 0 bridgehead atoms. The number of fused-ring (bicyclic) bond motifs is 1. The summed E-state index contributed by atoms with van der Waals surface area (Å²) in [4.78, 5) is 19.1. The number of rotatable bonds is 6. The Labute approximate surface area is 197 Å². The largest absolute Gasteiger partial charge is 0.307 e. The van der Waals surface area contributed by atoms with E-state index in [1.807, 2.05) is 6.07 Å². The highest BCUT2D eigenvalue weighted by Crippen LogP contribution is 2.31. The van der Waals surface area contributed by atoms with Gasteiger partial charge < -0.3 is 4.90 Å². The summed E-state index contributed by atoms with van der Waals surface area (Å²) >= 11 is 6.28. The minimum absolute atomic E-state index is 0.0246. The summed E-state index contributed by atoms with van der Waals surface area (Å²) in [6.45, 7) is 4.06. The van der Waals surface area contributed by atoms with Gasteiger partial charge in [0.2, 0.25) is 0 Å². The second kappa shape index (κ2) is 9.33. The van der Waals surface area contributed by atoms with Crippen LogP contribution in [0.25, 0.3) is 0 Å². The number of pyridine rings is 1. The van der Waals surface area contributed by atoms with Crippen molar-refractivity contribution >= 4 is 38.9 Å². The maximum Gasteiger partial charge on any atom is 0.266 e. The highest BCUT2D eigenvalue weighted by atomic mass is 35.5. The third kappa shape index (κ3) is 4.49. The number of nitrogens with zero attached hydrogens (tertiary/aromatic N) is 3. The first kappa shape index (κ1) is 22.9. The highest BCUT2D eigenvalue weighted by Gasteiger charge is 2.30. The Morgan fingerprint density at radius 1 is 1.21 bits per heavy atom. The van der Waals surface area contributed by atoms with Crippen molar-refractivity contribution in [1.82, 2.24) is 4.98 Å². The van der Waals surface area contributed by atoms with Gasteiger partial charge in [-0.25, -0.2) is 12.8 Å². The van der Waals surface area contributed by atoms with Gasteiger partial charge in [0.1, 0.15) is 10.7 Å². The molecule has 170 valence electrons. The van der Waals surface area contributed by atoms with E-state index < -0.39 is 15.8 Å². The molecule has 0 atom stereocenters. The number of hydrogen-bond donors (Lipinski definition) is 0. The lowest BCUT2D eigenvalue weighted by molar-refractivity contribution is 0.0984. The fourth-order valence-electron chi connectivity index (χ4n) is 3.78. The molecule has 1 aliphatic heterocycles. The first-order valence-electron chi connectivity index (χ1n) is 10.3. The summed E-state index contributed by atoms with van der Waals surface area (Å²) in [5.41, 5.74) is 1.98. The standard InChI is InChI=1S/C24H21ClFN3O3S/c1-2-14-29(19-10-8-18(26)9-11-19)33(31,32)23-16-17(7-12-20(23)25)24(30)28-15-4-5-21-22(28)6-3-13-27-21/h2-3,6-13,16H,1,4-5,14-15H2. The number of halogens is 2. The van der Waals surface area contributed by atoms with E-state index in [2.05, 4.69) is 11.6 Å². The number of anilines is 2. The molecule has 1 aromatic heterocycles. The summed E-state index contributed by atoms with van der Waals surface area (Å²) in [5, 5.41) is -0.0246. The van der Waals surface area contributed by atoms with Crippen molar-refractivity contribution in [3.63, 3.8) is 0 Å². The Morgan fingerprint density at radius 3 is 2.70 bits per heavy atom. The van der Waals surface area contributed by atoms with Crippen LogP contribution in [-0.2, 0) is 16.4 Å². The van der Waals surface area contributed by atoms with E-state index in [-0.39, 0.29) is 33.6 Å². The molecule has 0 N–H and O–H groups in total. The molecule has 2 heterocycles. The normalized spacial score (nSPS) is 13.3. The summed E-state index contributed by atoms with van der Waals surface area (Å²) in [6, 6.07) is 12.8. The van der Waals surface area contributed by atoms with Crippen LogP contribution in [0.1, 0.15) is 22.5 Å². The van der Waals surface area contributed by atoms with Gasteiger partial charge in [0, 0.05) is 18.3 Å². The van der Waals surface area contributed by atoms with Crippen molar-refractivity contribution < 1.29 is 17.6 Å². The van der Waals surface area contributed by atoms with Crippen molar-refractivity contribution in [2.24, 2.45) is 0 Å². The molecule has 2 aromatic carbocycles. The Kier molecular flexibility index (Phi) is 6.49. The van der Waals surface area contributed by atoms with Crippen LogP contribution in [0.15, 0.2) is 78.3 Å². The molecule has 6 nitrogen and oxygen atoms in total. The summed E-state index contributed by atoms with van der Waals surface area (Å²) < 4.78 is 41.5. The van der Waals surface area contributed by atoms with E-state index in [1.165, 1.54) is 48.5 Å². The van der Waals surface area contributed by atoms with Gasteiger partial charge in [-0.1, -0.05) is 17.7 Å². The van der Waals surface area contributed by atoms with Gasteiger partial charge >= 0.3 is 0 Å². The number of sulfonamides is 1. The number of amides is 1. The Morgan fingerprint density at radius 2 is 1.97 bits per heavy atom. The van der Waals surface area contributed by atoms with Gasteiger partial charge in [-0.15, -0.1) is 6.58 Å². The lowest BCUT2D eigenvalue weighted by Crippen LogP contribution is -2.36. The second-order valence-corrected chi connectivity index (χ2v) is 9.71. The van der Waals surface area contributed by atoms with Crippen LogP contribution >= 0.6 is 11.6 Å². The number of carbonyl (C=O) groups is 1. The van der Waals surface area contributed by atoms with Crippen LogP contribution in [0.3, 0.4) is 0 Å². The van der Waals surface area contributed by atoms with Gasteiger partial charge in [0.05, 0.1) is 28.6 Å². The van der Waals surface area contributed by atoms with Crippen LogP contribution < -0.4 is 9.21 Å². The van der Waals surface area contributed by atoms with Gasteiger partial charge in [0.25, 0.3) is 15.9 Å². The second-order valence-electron chi connectivity index (χ2n) is 7.48. The zero-order valence-electron chi connectivity index (χ0n) is 17.6. The number of benzene rings is 2. The number of aromatic nitrogens is 1. The molecule has 4 rings (SSSR count). The van der Waals surface area contributed by atoms with E-state index in [0.717, 1.165) is 22.8 Å². The van der Waals surface area contributed by atoms with Crippen molar-refractivity contribution in [3.05, 3.63) is 95.5 Å². The Hall–Kier alpha value is -3.23. The minimum atomic E-state index is -4.18. The van der Waals surface area contributed by atoms with Crippen LogP contribution in [0, 0.1) is 5.82 Å². The molecule has 0 saturated carbocycles. The molecule has 0 aliphatic carbocycles. The smallest absolute Gasteiger partial charge is 0.266 e. The molecule has 0 radical (unpaired) electrons. The van der Waals surface area contributed by atoms with E-state index in [4.69, 9.17) is 11.6 Å². The van der Waals surface area contributed by atoms with Crippen molar-refractivity contribution in [2.75, 3.05) is 22.3 Å². The molecule has 0 saturated heterocycles. The molecule has 1 aliphatic rings. The van der Waals surface area contributed by atoms with Crippen LogP contribution in [0.2, 0.25) is 5.02 Å². The van der Waals surface area contributed by atoms with E-state index in [9.17, 15) is 17.6 Å². The summed E-state index contributed by atoms with van der Waals surface area (Å²) in [7, 11) is -4.18. The van der Waals surface area contributed by atoms with Gasteiger partial charge in [-0.2, -0.15) is 0 Å². The molecular weight excluding hydrogens is 465 g/mol. The first-order chi connectivity index (χ1) is 15.8. The van der Waals surface area contributed by atoms with Crippen molar-refractivity contribution in [3.8, 4) is 0 Å². The lowest BCUT2D eigenvalue weighted by atomic mass is 10.1. The Bertz CT molecular complexity index is 1310.